The van der Waals surface area contributed by atoms with Crippen molar-refractivity contribution in [2.75, 3.05) is 11.6 Å². The summed E-state index contributed by atoms with van der Waals surface area (Å²) in [5, 5.41) is 18.9. The SMILES string of the molecule is Nc1ccc(C(O)C(O)CCl)cc1Br. The van der Waals surface area contributed by atoms with Gasteiger partial charge in [-0.2, -0.15) is 0 Å². The Morgan fingerprint density at radius 3 is 2.57 bits per heavy atom. The largest absolute Gasteiger partial charge is 0.398 e. The van der Waals surface area contributed by atoms with Gasteiger partial charge in [0.1, 0.15) is 6.10 Å². The van der Waals surface area contributed by atoms with Crippen molar-refractivity contribution in [3.63, 3.8) is 0 Å². The number of alkyl halides is 1. The summed E-state index contributed by atoms with van der Waals surface area (Å²) in [5.74, 6) is -0.0108. The second-order valence-electron chi connectivity index (χ2n) is 2.95. The third-order valence-electron chi connectivity index (χ3n) is 1.89. The number of aliphatic hydroxyl groups is 2. The molecule has 1 rings (SSSR count). The average molecular weight is 281 g/mol. The van der Waals surface area contributed by atoms with E-state index >= 15 is 0 Å². The summed E-state index contributed by atoms with van der Waals surface area (Å²) in [4.78, 5) is 0. The molecule has 0 aliphatic rings. The van der Waals surface area contributed by atoms with Gasteiger partial charge in [-0.15, -0.1) is 11.6 Å². The zero-order valence-electron chi connectivity index (χ0n) is 7.32. The van der Waals surface area contributed by atoms with E-state index in [0.717, 1.165) is 0 Å². The Morgan fingerprint density at radius 2 is 2.07 bits per heavy atom. The van der Waals surface area contributed by atoms with Gasteiger partial charge in [0.25, 0.3) is 0 Å². The number of hydrogen-bond acceptors (Lipinski definition) is 3. The Morgan fingerprint density at radius 1 is 1.43 bits per heavy atom. The maximum atomic E-state index is 9.61. The van der Waals surface area contributed by atoms with E-state index in [1.54, 1.807) is 18.2 Å². The van der Waals surface area contributed by atoms with Gasteiger partial charge in [0, 0.05) is 10.2 Å². The number of rotatable bonds is 3. The Bertz CT molecular complexity index is 322. The first-order valence-corrected chi connectivity index (χ1v) is 5.36. The molecule has 0 bridgehead atoms. The third-order valence-corrected chi connectivity index (χ3v) is 2.89. The first-order valence-electron chi connectivity index (χ1n) is 4.03. The Labute approximate surface area is 95.6 Å². The number of aliphatic hydroxyl groups excluding tert-OH is 2. The molecule has 4 N–H and O–H groups in total. The van der Waals surface area contributed by atoms with E-state index in [1.807, 2.05) is 0 Å². The fourth-order valence-electron chi connectivity index (χ4n) is 1.03. The molecule has 1 aromatic carbocycles. The van der Waals surface area contributed by atoms with Crippen molar-refractivity contribution < 1.29 is 10.2 Å². The summed E-state index contributed by atoms with van der Waals surface area (Å²) < 4.78 is 0.691. The van der Waals surface area contributed by atoms with E-state index in [1.165, 1.54) is 0 Å². The lowest BCUT2D eigenvalue weighted by Crippen LogP contribution is -2.19. The van der Waals surface area contributed by atoms with Gasteiger partial charge >= 0.3 is 0 Å². The predicted octanol–water partition coefficient (Wildman–Crippen LogP) is 1.66. The van der Waals surface area contributed by atoms with Crippen LogP contribution >= 0.6 is 27.5 Å². The summed E-state index contributed by atoms with van der Waals surface area (Å²) >= 11 is 8.66. The maximum Gasteiger partial charge on any atom is 0.106 e. The van der Waals surface area contributed by atoms with E-state index in [0.29, 0.717) is 15.7 Å². The monoisotopic (exact) mass is 279 g/mol. The van der Waals surface area contributed by atoms with Gasteiger partial charge < -0.3 is 15.9 Å². The maximum absolute atomic E-state index is 9.61. The highest BCUT2D eigenvalue weighted by Crippen LogP contribution is 2.25. The minimum absolute atomic E-state index is 0.0108. The summed E-state index contributed by atoms with van der Waals surface area (Å²) in [5.41, 5.74) is 6.75. The van der Waals surface area contributed by atoms with Gasteiger partial charge in [-0.1, -0.05) is 6.07 Å². The first kappa shape index (κ1) is 11.8. The predicted molar refractivity (Wildman–Crippen MR) is 60.2 cm³/mol. The van der Waals surface area contributed by atoms with Crippen molar-refractivity contribution in [1.82, 2.24) is 0 Å². The smallest absolute Gasteiger partial charge is 0.106 e. The number of nitrogens with two attached hydrogens (primary N) is 1. The van der Waals surface area contributed by atoms with Crippen LogP contribution in [0.4, 0.5) is 5.69 Å². The van der Waals surface area contributed by atoms with Crippen molar-refractivity contribution in [2.45, 2.75) is 12.2 Å². The third kappa shape index (κ3) is 2.60. The van der Waals surface area contributed by atoms with Crippen LogP contribution in [0.2, 0.25) is 0 Å². The summed E-state index contributed by atoms with van der Waals surface area (Å²) in [6.07, 6.45) is -1.95. The van der Waals surface area contributed by atoms with Crippen LogP contribution in [0.1, 0.15) is 11.7 Å². The van der Waals surface area contributed by atoms with Gasteiger partial charge in [-0.05, 0) is 33.6 Å². The van der Waals surface area contributed by atoms with Crippen molar-refractivity contribution in [3.8, 4) is 0 Å². The Kier molecular flexibility index (Phi) is 4.19. The number of anilines is 1. The standard InChI is InChI=1S/C9H11BrClNO2/c10-6-3-5(1-2-7(6)12)9(14)8(13)4-11/h1-3,8-9,13-14H,4,12H2. The summed E-state index contributed by atoms with van der Waals surface area (Å²) in [6, 6.07) is 4.97. The van der Waals surface area contributed by atoms with E-state index in [2.05, 4.69) is 15.9 Å². The molecule has 78 valence electrons. The van der Waals surface area contributed by atoms with E-state index in [9.17, 15) is 10.2 Å². The number of hydrogen-bond donors (Lipinski definition) is 3. The molecule has 2 atom stereocenters. The lowest BCUT2D eigenvalue weighted by molar-refractivity contribution is 0.0327. The molecule has 0 heterocycles. The molecule has 5 heteroatoms. The highest BCUT2D eigenvalue weighted by atomic mass is 79.9. The van der Waals surface area contributed by atoms with Crippen LogP contribution in [0.25, 0.3) is 0 Å². The molecule has 0 aromatic heterocycles. The van der Waals surface area contributed by atoms with Crippen molar-refractivity contribution in [3.05, 3.63) is 28.2 Å². The topological polar surface area (TPSA) is 66.5 Å². The molecule has 1 aromatic rings. The molecule has 2 unspecified atom stereocenters. The Balaban J connectivity index is 2.91. The zero-order valence-corrected chi connectivity index (χ0v) is 9.66. The molecule has 0 fully saturated rings. The van der Waals surface area contributed by atoms with Crippen LogP contribution in [0.5, 0.6) is 0 Å². The fraction of sp³-hybridized carbons (Fsp3) is 0.333. The molecule has 0 aliphatic carbocycles. The zero-order chi connectivity index (χ0) is 10.7. The number of halogens is 2. The lowest BCUT2D eigenvalue weighted by Gasteiger charge is -2.16. The molecular formula is C9H11BrClNO2. The first-order chi connectivity index (χ1) is 6.56. The summed E-state index contributed by atoms with van der Waals surface area (Å²) in [6.45, 7) is 0. The van der Waals surface area contributed by atoms with Gasteiger partial charge in [0.05, 0.1) is 12.0 Å². The van der Waals surface area contributed by atoms with Gasteiger partial charge in [0.15, 0.2) is 0 Å². The molecule has 0 radical (unpaired) electrons. The molecule has 0 saturated heterocycles. The molecule has 3 nitrogen and oxygen atoms in total. The van der Waals surface area contributed by atoms with Gasteiger partial charge in [-0.3, -0.25) is 0 Å². The van der Waals surface area contributed by atoms with Crippen molar-refractivity contribution in [1.29, 1.82) is 0 Å². The van der Waals surface area contributed by atoms with Crippen LogP contribution in [-0.4, -0.2) is 22.2 Å². The van der Waals surface area contributed by atoms with Crippen LogP contribution < -0.4 is 5.73 Å². The molecule has 0 aliphatic heterocycles. The second-order valence-corrected chi connectivity index (χ2v) is 4.11. The quantitative estimate of drug-likeness (QED) is 0.583. The molecule has 14 heavy (non-hydrogen) atoms. The minimum atomic E-state index is -0.982. The lowest BCUT2D eigenvalue weighted by atomic mass is 10.1. The normalized spacial score (nSPS) is 15.1. The van der Waals surface area contributed by atoms with Crippen LogP contribution in [0.15, 0.2) is 22.7 Å². The molecule has 0 spiro atoms. The fourth-order valence-corrected chi connectivity index (χ4v) is 1.60. The highest BCUT2D eigenvalue weighted by Gasteiger charge is 2.17. The second kappa shape index (κ2) is 4.98. The molecular weight excluding hydrogens is 269 g/mol. The summed E-state index contributed by atoms with van der Waals surface area (Å²) in [7, 11) is 0. The number of benzene rings is 1. The van der Waals surface area contributed by atoms with E-state index in [-0.39, 0.29) is 5.88 Å². The average Bonchev–Trinajstić information content (AvgIpc) is 2.20. The molecule has 0 saturated carbocycles. The number of nitrogen functional groups attached to an aromatic ring is 1. The van der Waals surface area contributed by atoms with Crippen LogP contribution in [0, 0.1) is 0 Å². The van der Waals surface area contributed by atoms with E-state index < -0.39 is 12.2 Å². The Hall–Kier alpha value is -0.290. The minimum Gasteiger partial charge on any atom is -0.398 e. The van der Waals surface area contributed by atoms with Gasteiger partial charge in [-0.25, -0.2) is 0 Å². The van der Waals surface area contributed by atoms with Crippen LogP contribution in [-0.2, 0) is 0 Å². The van der Waals surface area contributed by atoms with Gasteiger partial charge in [0.2, 0.25) is 0 Å². The van der Waals surface area contributed by atoms with Crippen molar-refractivity contribution in [2.24, 2.45) is 0 Å². The van der Waals surface area contributed by atoms with Crippen LogP contribution in [0.3, 0.4) is 0 Å². The highest BCUT2D eigenvalue weighted by molar-refractivity contribution is 9.10. The van der Waals surface area contributed by atoms with E-state index in [4.69, 9.17) is 17.3 Å². The molecule has 0 amide bonds. The van der Waals surface area contributed by atoms with Crippen molar-refractivity contribution >= 4 is 33.2 Å².